The molecule has 1 saturated heterocycles. The van der Waals surface area contributed by atoms with Gasteiger partial charge in [0, 0.05) is 24.5 Å². The van der Waals surface area contributed by atoms with Crippen molar-refractivity contribution < 1.29 is 34.7 Å². The fourth-order valence-corrected chi connectivity index (χ4v) is 7.56. The molecule has 1 aliphatic rings. The summed E-state index contributed by atoms with van der Waals surface area (Å²) in [7, 11) is -6.38. The summed E-state index contributed by atoms with van der Waals surface area (Å²) in [6, 6.07) is 11.3. The third-order valence-corrected chi connectivity index (χ3v) is 10.1. The van der Waals surface area contributed by atoms with Crippen LogP contribution in [-0.4, -0.2) is 48.0 Å². The molecule has 0 bridgehead atoms. The molecule has 2 heterocycles. The number of thiophene rings is 1. The Bertz CT molecular complexity index is 1420. The zero-order valence-electron chi connectivity index (χ0n) is 18.3. The molecule has 7 nitrogen and oxygen atoms in total. The SMILES string of the molecule is CN1CCC(Oc2cc(NS(=O)(=O)c3cc(S(=O)(=O)c4ccccc4)cs3)ccc2C(F)(F)F)C1. The predicted molar refractivity (Wildman–Crippen MR) is 125 cm³/mol. The Morgan fingerprint density at radius 2 is 1.74 bits per heavy atom. The maximum atomic E-state index is 13.5. The summed E-state index contributed by atoms with van der Waals surface area (Å²) < 4.78 is 99.3. The number of hydrogen-bond acceptors (Lipinski definition) is 7. The smallest absolute Gasteiger partial charge is 0.419 e. The van der Waals surface area contributed by atoms with E-state index in [9.17, 15) is 30.0 Å². The summed E-state index contributed by atoms with van der Waals surface area (Å²) in [5.41, 5.74) is -1.15. The predicted octanol–water partition coefficient (Wildman–Crippen LogP) is 4.48. The fourth-order valence-electron chi connectivity index (χ4n) is 3.61. The summed E-state index contributed by atoms with van der Waals surface area (Å²) >= 11 is 0.689. The van der Waals surface area contributed by atoms with Gasteiger partial charge >= 0.3 is 6.18 Å². The molecule has 188 valence electrons. The minimum atomic E-state index is -4.69. The van der Waals surface area contributed by atoms with Crippen molar-refractivity contribution in [1.82, 2.24) is 4.90 Å². The van der Waals surface area contributed by atoms with Gasteiger partial charge < -0.3 is 9.64 Å². The zero-order chi connectivity index (χ0) is 25.4. The van der Waals surface area contributed by atoms with Crippen molar-refractivity contribution in [1.29, 1.82) is 0 Å². The Hall–Kier alpha value is -2.61. The lowest BCUT2D eigenvalue weighted by Gasteiger charge is -2.19. The largest absolute Gasteiger partial charge is 0.488 e. The van der Waals surface area contributed by atoms with Crippen LogP contribution in [0.25, 0.3) is 0 Å². The van der Waals surface area contributed by atoms with E-state index >= 15 is 0 Å². The van der Waals surface area contributed by atoms with E-state index in [1.54, 1.807) is 18.2 Å². The normalized spacial score (nSPS) is 17.4. The zero-order valence-corrected chi connectivity index (χ0v) is 20.8. The van der Waals surface area contributed by atoms with Crippen LogP contribution in [0.15, 0.2) is 74.0 Å². The van der Waals surface area contributed by atoms with Gasteiger partial charge in [-0.1, -0.05) is 18.2 Å². The number of halogens is 3. The topological polar surface area (TPSA) is 92.8 Å². The molecule has 1 atom stereocenters. The van der Waals surface area contributed by atoms with Crippen LogP contribution >= 0.6 is 11.3 Å². The van der Waals surface area contributed by atoms with Crippen molar-refractivity contribution in [3.8, 4) is 5.75 Å². The molecule has 35 heavy (non-hydrogen) atoms. The minimum absolute atomic E-state index is 0.0109. The van der Waals surface area contributed by atoms with Crippen LogP contribution < -0.4 is 9.46 Å². The molecular weight excluding hydrogens is 525 g/mol. The summed E-state index contributed by atoms with van der Waals surface area (Å²) in [5.74, 6) is -0.475. The first-order valence-electron chi connectivity index (χ1n) is 10.3. The van der Waals surface area contributed by atoms with Gasteiger partial charge in [0.05, 0.1) is 21.0 Å². The van der Waals surface area contributed by atoms with Gasteiger partial charge in [-0.05, 0) is 43.8 Å². The van der Waals surface area contributed by atoms with Crippen LogP contribution in [0.3, 0.4) is 0 Å². The summed E-state index contributed by atoms with van der Waals surface area (Å²) in [5, 5.41) is 1.20. The average Bonchev–Trinajstić information content (AvgIpc) is 3.44. The Kier molecular flexibility index (Phi) is 6.88. The summed E-state index contributed by atoms with van der Waals surface area (Å²) in [6.45, 7) is 1.12. The van der Waals surface area contributed by atoms with Crippen LogP contribution in [0, 0.1) is 0 Å². The molecule has 1 unspecified atom stereocenters. The van der Waals surface area contributed by atoms with E-state index in [1.807, 2.05) is 11.9 Å². The molecule has 0 amide bonds. The molecule has 0 aliphatic carbocycles. The number of benzene rings is 2. The Morgan fingerprint density at radius 1 is 1.03 bits per heavy atom. The van der Waals surface area contributed by atoms with Crippen LogP contribution in [0.2, 0.25) is 0 Å². The molecule has 13 heteroatoms. The number of sulfonamides is 1. The average molecular weight is 547 g/mol. The van der Waals surface area contributed by atoms with Gasteiger partial charge in [-0.2, -0.15) is 13.2 Å². The number of ether oxygens (including phenoxy) is 1. The Balaban J connectivity index is 1.61. The molecule has 1 fully saturated rings. The van der Waals surface area contributed by atoms with Gasteiger partial charge in [0.25, 0.3) is 10.0 Å². The number of hydrogen-bond donors (Lipinski definition) is 1. The number of alkyl halides is 3. The van der Waals surface area contributed by atoms with Crippen molar-refractivity contribution in [3.63, 3.8) is 0 Å². The molecular formula is C22H21F3N2O5S3. The highest BCUT2D eigenvalue weighted by molar-refractivity contribution is 7.95. The number of rotatable bonds is 7. The molecule has 2 aromatic carbocycles. The minimum Gasteiger partial charge on any atom is -0.488 e. The van der Waals surface area contributed by atoms with Crippen molar-refractivity contribution in [2.24, 2.45) is 0 Å². The lowest BCUT2D eigenvalue weighted by Crippen LogP contribution is -2.23. The van der Waals surface area contributed by atoms with Crippen molar-refractivity contribution in [2.75, 3.05) is 24.9 Å². The lowest BCUT2D eigenvalue weighted by atomic mass is 10.1. The molecule has 1 aliphatic heterocycles. The van der Waals surface area contributed by atoms with Crippen LogP contribution in [0.4, 0.5) is 18.9 Å². The maximum Gasteiger partial charge on any atom is 0.419 e. The monoisotopic (exact) mass is 546 g/mol. The van der Waals surface area contributed by atoms with Gasteiger partial charge in [0.15, 0.2) is 0 Å². The van der Waals surface area contributed by atoms with Crippen LogP contribution in [0.1, 0.15) is 12.0 Å². The molecule has 3 aromatic rings. The maximum absolute atomic E-state index is 13.5. The molecule has 1 N–H and O–H groups in total. The molecule has 0 spiro atoms. The molecule has 0 saturated carbocycles. The Morgan fingerprint density at radius 3 is 2.37 bits per heavy atom. The first-order chi connectivity index (χ1) is 16.4. The van der Waals surface area contributed by atoms with Crippen LogP contribution in [-0.2, 0) is 26.0 Å². The second-order valence-corrected chi connectivity index (χ2v) is 12.8. The quantitative estimate of drug-likeness (QED) is 0.470. The summed E-state index contributed by atoms with van der Waals surface area (Å²) in [4.78, 5) is 1.73. The van der Waals surface area contributed by atoms with E-state index in [2.05, 4.69) is 4.72 Å². The van der Waals surface area contributed by atoms with Gasteiger partial charge in [0.1, 0.15) is 16.1 Å². The second-order valence-electron chi connectivity index (χ2n) is 8.02. The van der Waals surface area contributed by atoms with E-state index in [0.29, 0.717) is 30.8 Å². The standard InChI is InChI=1S/C22H21F3N2O5S3/c1-27-10-9-16(13-27)32-20-11-15(7-8-19(20)22(23,24)25)26-35(30,31)21-12-18(14-33-21)34(28,29)17-5-3-2-4-6-17/h2-8,11-12,14,16,26H,9-10,13H2,1H3. The van der Waals surface area contributed by atoms with Gasteiger partial charge in [-0.25, -0.2) is 16.8 Å². The Labute approximate surface area is 205 Å². The third kappa shape index (κ3) is 5.63. The molecule has 0 radical (unpaired) electrons. The van der Waals surface area contributed by atoms with E-state index in [4.69, 9.17) is 4.74 Å². The summed E-state index contributed by atoms with van der Waals surface area (Å²) in [6.07, 6.45) is -4.61. The lowest BCUT2D eigenvalue weighted by molar-refractivity contribution is -0.139. The first kappa shape index (κ1) is 25.5. The van der Waals surface area contributed by atoms with Gasteiger partial charge in [0.2, 0.25) is 9.84 Å². The van der Waals surface area contributed by atoms with E-state index < -0.39 is 43.5 Å². The van der Waals surface area contributed by atoms with Crippen LogP contribution in [0.5, 0.6) is 5.75 Å². The van der Waals surface area contributed by atoms with Crippen molar-refractivity contribution >= 4 is 36.9 Å². The number of likely N-dealkylation sites (N-methyl/N-ethyl adjacent to an activating group) is 1. The van der Waals surface area contributed by atoms with Crippen molar-refractivity contribution in [3.05, 3.63) is 65.5 Å². The van der Waals surface area contributed by atoms with Gasteiger partial charge in [-0.15, -0.1) is 11.3 Å². The highest BCUT2D eigenvalue weighted by Crippen LogP contribution is 2.39. The number of nitrogens with zero attached hydrogens (tertiary/aromatic N) is 1. The van der Waals surface area contributed by atoms with Gasteiger partial charge in [-0.3, -0.25) is 4.72 Å². The number of sulfone groups is 1. The van der Waals surface area contributed by atoms with E-state index in [0.717, 1.165) is 24.3 Å². The third-order valence-electron chi connectivity index (χ3n) is 5.36. The van der Waals surface area contributed by atoms with Crippen molar-refractivity contribution in [2.45, 2.75) is 32.7 Å². The number of likely N-dealkylation sites (tertiary alicyclic amines) is 1. The highest BCUT2D eigenvalue weighted by atomic mass is 32.2. The number of anilines is 1. The highest BCUT2D eigenvalue weighted by Gasteiger charge is 2.36. The second kappa shape index (κ2) is 9.45. The molecule has 1 aromatic heterocycles. The van der Waals surface area contributed by atoms with E-state index in [-0.39, 0.29) is 19.7 Å². The van der Waals surface area contributed by atoms with E-state index in [1.165, 1.54) is 17.5 Å². The fraction of sp³-hybridized carbons (Fsp3) is 0.273. The first-order valence-corrected chi connectivity index (χ1v) is 14.2. The molecule has 4 rings (SSSR count). The number of nitrogens with one attached hydrogen (secondary N) is 1.